The average molecular weight is 394 g/mol. The summed E-state index contributed by atoms with van der Waals surface area (Å²) in [4.78, 5) is 14.7. The third-order valence-corrected chi connectivity index (χ3v) is 4.08. The molecule has 0 aliphatic rings. The van der Waals surface area contributed by atoms with Crippen LogP contribution in [0.3, 0.4) is 0 Å². The van der Waals surface area contributed by atoms with Gasteiger partial charge in [0.05, 0.1) is 32.4 Å². The fourth-order valence-corrected chi connectivity index (χ4v) is 2.48. The molecular formula is C23H39NO4. The van der Waals surface area contributed by atoms with E-state index in [-0.39, 0.29) is 18.2 Å². The molecule has 1 amide bonds. The fourth-order valence-electron chi connectivity index (χ4n) is 2.48. The molecule has 0 bridgehead atoms. The van der Waals surface area contributed by atoms with E-state index in [0.29, 0.717) is 18.9 Å². The zero-order valence-corrected chi connectivity index (χ0v) is 19.0. The summed E-state index contributed by atoms with van der Waals surface area (Å²) in [6.07, 6.45) is 5.76. The number of allylic oxidation sites excluding steroid dienone is 2. The summed E-state index contributed by atoms with van der Waals surface area (Å²) in [5.41, 5.74) is 1.29. The maximum Gasteiger partial charge on any atom is 0.410 e. The molecular weight excluding hydrogens is 354 g/mol. The van der Waals surface area contributed by atoms with Crippen molar-refractivity contribution < 1.29 is 19.0 Å². The number of hydrogen-bond acceptors (Lipinski definition) is 4. The van der Waals surface area contributed by atoms with Gasteiger partial charge in [0.15, 0.2) is 0 Å². The molecule has 0 spiro atoms. The van der Waals surface area contributed by atoms with E-state index in [1.54, 1.807) is 18.1 Å². The van der Waals surface area contributed by atoms with Gasteiger partial charge in [-0.25, -0.2) is 4.79 Å². The molecule has 0 aromatic rings. The molecule has 28 heavy (non-hydrogen) atoms. The molecule has 0 saturated carbocycles. The van der Waals surface area contributed by atoms with Gasteiger partial charge in [0.2, 0.25) is 0 Å². The molecule has 0 aliphatic carbocycles. The van der Waals surface area contributed by atoms with E-state index in [4.69, 9.17) is 14.2 Å². The lowest BCUT2D eigenvalue weighted by Gasteiger charge is -2.34. The molecule has 0 aliphatic heterocycles. The molecule has 1 unspecified atom stereocenters. The van der Waals surface area contributed by atoms with Crippen LogP contribution in [0.15, 0.2) is 48.3 Å². The number of rotatable bonds is 11. The van der Waals surface area contributed by atoms with E-state index in [0.717, 1.165) is 17.6 Å². The molecule has 0 rings (SSSR count). The van der Waals surface area contributed by atoms with E-state index < -0.39 is 5.60 Å². The van der Waals surface area contributed by atoms with Gasteiger partial charge in [0.1, 0.15) is 11.4 Å². The van der Waals surface area contributed by atoms with Crippen LogP contribution in [0.5, 0.6) is 0 Å². The van der Waals surface area contributed by atoms with Crippen LogP contribution in [0.25, 0.3) is 0 Å². The fraction of sp³-hybridized carbons (Fsp3) is 0.609. The second kappa shape index (κ2) is 12.4. The minimum atomic E-state index is -0.583. The zero-order chi connectivity index (χ0) is 21.9. The first kappa shape index (κ1) is 26.0. The minimum Gasteiger partial charge on any atom is -0.497 e. The van der Waals surface area contributed by atoms with Crippen LogP contribution < -0.4 is 0 Å². The first-order valence-electron chi connectivity index (χ1n) is 9.78. The predicted molar refractivity (Wildman–Crippen MR) is 116 cm³/mol. The molecule has 0 N–H and O–H groups in total. The van der Waals surface area contributed by atoms with Gasteiger partial charge < -0.3 is 14.2 Å². The second-order valence-electron chi connectivity index (χ2n) is 7.85. The van der Waals surface area contributed by atoms with E-state index in [1.807, 2.05) is 60.6 Å². The monoisotopic (exact) mass is 393 g/mol. The maximum absolute atomic E-state index is 13.0. The Labute approximate surface area is 171 Å². The van der Waals surface area contributed by atoms with Crippen LogP contribution in [-0.2, 0) is 14.2 Å². The number of carbonyl (C=O) groups excluding carboxylic acids is 1. The first-order valence-corrected chi connectivity index (χ1v) is 9.78. The quantitative estimate of drug-likeness (QED) is 0.259. The van der Waals surface area contributed by atoms with Gasteiger partial charge in [0.25, 0.3) is 0 Å². The number of nitrogens with zero attached hydrogens (tertiary/aromatic N) is 1. The maximum atomic E-state index is 13.0. The summed E-state index contributed by atoms with van der Waals surface area (Å²) in [6, 6.07) is -0.229. The third kappa shape index (κ3) is 9.79. The molecule has 2 atom stereocenters. The highest BCUT2D eigenvalue weighted by Gasteiger charge is 2.29. The highest BCUT2D eigenvalue weighted by molar-refractivity contribution is 5.69. The van der Waals surface area contributed by atoms with Crippen LogP contribution in [-0.4, -0.2) is 49.0 Å². The summed E-state index contributed by atoms with van der Waals surface area (Å²) in [6.45, 7) is 22.0. The lowest BCUT2D eigenvalue weighted by Crippen LogP contribution is -2.47. The summed E-state index contributed by atoms with van der Waals surface area (Å²) in [5, 5.41) is 0. The lowest BCUT2D eigenvalue weighted by atomic mass is 10.0. The smallest absolute Gasteiger partial charge is 0.410 e. The summed E-state index contributed by atoms with van der Waals surface area (Å²) < 4.78 is 16.9. The minimum absolute atomic E-state index is 0.116. The SMILES string of the molecule is C=C/C(=C\C(=C/C)[C@@H](C)N(CC(CC)OCC(=C)C)C(=O)OC(C)(C)C)OC. The Hall–Kier alpha value is -2.01. The van der Waals surface area contributed by atoms with E-state index in [1.165, 1.54) is 0 Å². The highest BCUT2D eigenvalue weighted by atomic mass is 16.6. The van der Waals surface area contributed by atoms with Gasteiger partial charge >= 0.3 is 6.09 Å². The first-order chi connectivity index (χ1) is 13.0. The van der Waals surface area contributed by atoms with Crippen LogP contribution >= 0.6 is 0 Å². The van der Waals surface area contributed by atoms with Crippen molar-refractivity contribution >= 4 is 6.09 Å². The van der Waals surface area contributed by atoms with Gasteiger partial charge in [-0.3, -0.25) is 4.90 Å². The Bertz CT molecular complexity index is 584. The van der Waals surface area contributed by atoms with Crippen molar-refractivity contribution in [3.63, 3.8) is 0 Å². The third-order valence-electron chi connectivity index (χ3n) is 4.08. The van der Waals surface area contributed by atoms with Gasteiger partial charge in [-0.05, 0) is 65.7 Å². The van der Waals surface area contributed by atoms with Gasteiger partial charge in [-0.15, -0.1) is 0 Å². The van der Waals surface area contributed by atoms with E-state index >= 15 is 0 Å². The molecule has 5 nitrogen and oxygen atoms in total. The predicted octanol–water partition coefficient (Wildman–Crippen LogP) is 5.65. The highest BCUT2D eigenvalue weighted by Crippen LogP contribution is 2.20. The Balaban J connectivity index is 5.73. The molecule has 0 fully saturated rings. The Morgan fingerprint density at radius 3 is 2.29 bits per heavy atom. The molecule has 0 heterocycles. The Kier molecular flexibility index (Phi) is 11.6. The van der Waals surface area contributed by atoms with E-state index in [2.05, 4.69) is 13.2 Å². The van der Waals surface area contributed by atoms with Crippen molar-refractivity contribution in [2.45, 2.75) is 72.6 Å². The van der Waals surface area contributed by atoms with Crippen molar-refractivity contribution in [3.05, 3.63) is 48.3 Å². The van der Waals surface area contributed by atoms with Crippen LogP contribution in [0.4, 0.5) is 4.79 Å². The number of amides is 1. The number of hydrogen-bond donors (Lipinski definition) is 0. The summed E-state index contributed by atoms with van der Waals surface area (Å²) >= 11 is 0. The van der Waals surface area contributed by atoms with Gasteiger partial charge in [-0.2, -0.15) is 0 Å². The van der Waals surface area contributed by atoms with Crippen LogP contribution in [0, 0.1) is 0 Å². The largest absolute Gasteiger partial charge is 0.497 e. The Morgan fingerprint density at radius 2 is 1.89 bits per heavy atom. The summed E-state index contributed by atoms with van der Waals surface area (Å²) in [5.74, 6) is 0.634. The lowest BCUT2D eigenvalue weighted by molar-refractivity contribution is -0.00432. The van der Waals surface area contributed by atoms with Crippen molar-refractivity contribution in [1.82, 2.24) is 4.90 Å². The molecule has 0 aromatic carbocycles. The number of ether oxygens (including phenoxy) is 3. The van der Waals surface area contributed by atoms with Gasteiger partial charge in [-0.1, -0.05) is 31.7 Å². The normalized spacial score (nSPS) is 14.9. The molecule has 0 aromatic heterocycles. The van der Waals surface area contributed by atoms with Crippen LogP contribution in [0.1, 0.15) is 54.9 Å². The zero-order valence-electron chi connectivity index (χ0n) is 19.0. The van der Waals surface area contributed by atoms with Crippen molar-refractivity contribution in [1.29, 1.82) is 0 Å². The number of carbonyl (C=O) groups is 1. The summed E-state index contributed by atoms with van der Waals surface area (Å²) in [7, 11) is 1.59. The van der Waals surface area contributed by atoms with Crippen molar-refractivity contribution in [2.75, 3.05) is 20.3 Å². The van der Waals surface area contributed by atoms with Crippen molar-refractivity contribution in [3.8, 4) is 0 Å². The Morgan fingerprint density at radius 1 is 1.29 bits per heavy atom. The topological polar surface area (TPSA) is 48.0 Å². The molecule has 5 heteroatoms. The average Bonchev–Trinajstić information content (AvgIpc) is 2.60. The standard InChI is InChI=1S/C23H39NO4/c1-11-19(14-20(12-2)26-10)18(6)24(22(25)28-23(7,8)9)15-21(13-3)27-16-17(4)5/h11-12,14,18,21H,2,4,13,15-16H2,1,3,5-10H3/b19-11+,20-14+/t18-,21?/m1/s1. The molecule has 0 saturated heterocycles. The van der Waals surface area contributed by atoms with Crippen LogP contribution in [0.2, 0.25) is 0 Å². The molecule has 0 radical (unpaired) electrons. The van der Waals surface area contributed by atoms with Crippen molar-refractivity contribution in [2.24, 2.45) is 0 Å². The number of methoxy groups -OCH3 is 1. The second-order valence-corrected chi connectivity index (χ2v) is 7.85. The van der Waals surface area contributed by atoms with E-state index in [9.17, 15) is 4.79 Å². The van der Waals surface area contributed by atoms with Gasteiger partial charge in [0, 0.05) is 0 Å². The molecule has 160 valence electrons.